The van der Waals surface area contributed by atoms with Gasteiger partial charge in [-0.25, -0.2) is 17.5 Å². The minimum Gasteiger partial charge on any atom is -0.493 e. The fourth-order valence-corrected chi connectivity index (χ4v) is 3.52. The molecule has 22 heavy (non-hydrogen) atoms. The molecule has 0 unspecified atom stereocenters. The van der Waals surface area contributed by atoms with Crippen LogP contribution >= 0.6 is 0 Å². The van der Waals surface area contributed by atoms with Gasteiger partial charge >= 0.3 is 0 Å². The van der Waals surface area contributed by atoms with Crippen molar-refractivity contribution in [1.29, 1.82) is 0 Å². The van der Waals surface area contributed by atoms with Crippen LogP contribution in [-0.2, 0) is 22.9 Å². The molecule has 0 atom stereocenters. The Morgan fingerprint density at radius 2 is 2.00 bits per heavy atom. The van der Waals surface area contributed by atoms with Crippen molar-refractivity contribution in [2.24, 2.45) is 0 Å². The molecule has 116 valence electrons. The number of ether oxygens (including phenoxy) is 1. The van der Waals surface area contributed by atoms with E-state index in [2.05, 4.69) is 4.72 Å². The molecule has 0 saturated heterocycles. The van der Waals surface area contributed by atoms with Crippen LogP contribution < -0.4 is 9.46 Å². The first-order chi connectivity index (χ1) is 10.6. The Labute approximate surface area is 129 Å². The topological polar surface area (TPSA) is 55.4 Å². The lowest BCUT2D eigenvalue weighted by Crippen LogP contribution is -2.26. The summed E-state index contributed by atoms with van der Waals surface area (Å²) >= 11 is 0. The van der Waals surface area contributed by atoms with Crippen molar-refractivity contribution >= 4 is 10.0 Å². The number of rotatable bonds is 5. The Balaban J connectivity index is 1.68. The lowest BCUT2D eigenvalue weighted by molar-refractivity contribution is 0.356. The van der Waals surface area contributed by atoms with Crippen molar-refractivity contribution < 1.29 is 17.5 Å². The third-order valence-electron chi connectivity index (χ3n) is 3.62. The molecule has 4 nitrogen and oxygen atoms in total. The van der Waals surface area contributed by atoms with Gasteiger partial charge in [0.2, 0.25) is 10.0 Å². The zero-order valence-electron chi connectivity index (χ0n) is 11.9. The van der Waals surface area contributed by atoms with Crippen molar-refractivity contribution in [3.05, 3.63) is 59.4 Å². The summed E-state index contributed by atoms with van der Waals surface area (Å²) in [6.07, 6.45) is 1.02. The van der Waals surface area contributed by atoms with E-state index in [-0.39, 0.29) is 17.3 Å². The molecular weight excluding hydrogens is 305 g/mol. The van der Waals surface area contributed by atoms with E-state index in [4.69, 9.17) is 4.74 Å². The molecule has 6 heteroatoms. The van der Waals surface area contributed by atoms with Gasteiger partial charge in [0, 0.05) is 13.0 Å². The van der Waals surface area contributed by atoms with Gasteiger partial charge in [0.25, 0.3) is 0 Å². The molecule has 0 radical (unpaired) electrons. The fourth-order valence-electron chi connectivity index (χ4n) is 2.43. The molecular formula is C16H16FNO3S. The normalized spacial score (nSPS) is 13.7. The van der Waals surface area contributed by atoms with Gasteiger partial charge in [-0.15, -0.1) is 0 Å². The van der Waals surface area contributed by atoms with Crippen LogP contribution in [0.5, 0.6) is 5.75 Å². The molecule has 0 aliphatic carbocycles. The molecule has 3 rings (SSSR count). The highest BCUT2D eigenvalue weighted by Gasteiger charge is 2.19. The van der Waals surface area contributed by atoms with Crippen molar-refractivity contribution in [3.63, 3.8) is 0 Å². The van der Waals surface area contributed by atoms with Gasteiger partial charge < -0.3 is 4.74 Å². The Morgan fingerprint density at radius 1 is 1.18 bits per heavy atom. The highest BCUT2D eigenvalue weighted by Crippen LogP contribution is 2.27. The molecule has 0 saturated carbocycles. The van der Waals surface area contributed by atoms with Crippen molar-refractivity contribution in [1.82, 2.24) is 4.72 Å². The van der Waals surface area contributed by atoms with Crippen molar-refractivity contribution in [3.8, 4) is 5.75 Å². The van der Waals surface area contributed by atoms with Gasteiger partial charge in [-0.2, -0.15) is 0 Å². The maximum Gasteiger partial charge on any atom is 0.240 e. The smallest absolute Gasteiger partial charge is 0.240 e. The van der Waals surface area contributed by atoms with Gasteiger partial charge in [0.15, 0.2) is 0 Å². The number of hydrogen-bond acceptors (Lipinski definition) is 3. The molecule has 0 fully saturated rings. The average molecular weight is 321 g/mol. The summed E-state index contributed by atoms with van der Waals surface area (Å²) in [5.41, 5.74) is 1.39. The van der Waals surface area contributed by atoms with Crippen molar-refractivity contribution in [2.75, 3.05) is 13.2 Å². The van der Waals surface area contributed by atoms with E-state index < -0.39 is 10.0 Å². The molecule has 0 aromatic heterocycles. The Hall–Kier alpha value is -1.92. The minimum atomic E-state index is -3.59. The van der Waals surface area contributed by atoms with Crippen LogP contribution in [0.2, 0.25) is 0 Å². The van der Waals surface area contributed by atoms with Crippen LogP contribution in [-0.4, -0.2) is 21.6 Å². The van der Waals surface area contributed by atoms with E-state index in [1.807, 2.05) is 0 Å². The maximum atomic E-state index is 13.5. The third kappa shape index (κ3) is 3.13. The largest absolute Gasteiger partial charge is 0.493 e. The first kappa shape index (κ1) is 15.0. The molecule has 2 aromatic rings. The molecule has 0 amide bonds. The Kier molecular flexibility index (Phi) is 4.13. The summed E-state index contributed by atoms with van der Waals surface area (Å²) in [5, 5.41) is 0. The van der Waals surface area contributed by atoms with E-state index in [9.17, 15) is 12.8 Å². The van der Waals surface area contributed by atoms with E-state index in [1.54, 1.807) is 30.3 Å². The second-order valence-electron chi connectivity index (χ2n) is 5.11. The second-order valence-corrected chi connectivity index (χ2v) is 6.87. The highest BCUT2D eigenvalue weighted by atomic mass is 32.2. The molecule has 2 aromatic carbocycles. The number of benzene rings is 2. The molecule has 1 aliphatic heterocycles. The van der Waals surface area contributed by atoms with Crippen LogP contribution in [0.4, 0.5) is 4.39 Å². The molecule has 0 spiro atoms. The van der Waals surface area contributed by atoms with Gasteiger partial charge in [-0.1, -0.05) is 18.2 Å². The van der Waals surface area contributed by atoms with Gasteiger partial charge in [-0.05, 0) is 41.8 Å². The first-order valence-corrected chi connectivity index (χ1v) is 8.53. The molecule has 0 bridgehead atoms. The zero-order chi connectivity index (χ0) is 15.6. The van der Waals surface area contributed by atoms with Crippen LogP contribution in [0.1, 0.15) is 11.1 Å². The summed E-state index contributed by atoms with van der Waals surface area (Å²) < 4.78 is 45.9. The fraction of sp³-hybridized carbons (Fsp3) is 0.250. The quantitative estimate of drug-likeness (QED) is 0.919. The Bertz CT molecular complexity index is 790. The van der Waals surface area contributed by atoms with Crippen LogP contribution in [0.15, 0.2) is 47.4 Å². The Morgan fingerprint density at radius 3 is 2.82 bits per heavy atom. The molecule has 1 aliphatic rings. The second kappa shape index (κ2) is 6.06. The van der Waals surface area contributed by atoms with Gasteiger partial charge in [0.1, 0.15) is 11.6 Å². The average Bonchev–Trinajstić information content (AvgIpc) is 2.96. The van der Waals surface area contributed by atoms with Crippen LogP contribution in [0, 0.1) is 5.82 Å². The highest BCUT2D eigenvalue weighted by molar-refractivity contribution is 7.89. The monoisotopic (exact) mass is 321 g/mol. The minimum absolute atomic E-state index is 0.150. The molecule has 1 heterocycles. The first-order valence-electron chi connectivity index (χ1n) is 7.05. The summed E-state index contributed by atoms with van der Waals surface area (Å²) in [5.74, 6) is 0.418. The summed E-state index contributed by atoms with van der Waals surface area (Å²) in [6, 6.07) is 11.2. The molecule has 1 N–H and O–H groups in total. The van der Waals surface area contributed by atoms with E-state index in [0.717, 1.165) is 11.3 Å². The number of fused-ring (bicyclic) bond motifs is 1. The van der Waals surface area contributed by atoms with E-state index >= 15 is 0 Å². The SMILES string of the molecule is O=S(=O)(NCCc1ccccc1F)c1ccc2c(c1)CCO2. The lowest BCUT2D eigenvalue weighted by Gasteiger charge is -2.08. The number of halogens is 1. The van der Waals surface area contributed by atoms with Gasteiger partial charge in [-0.3, -0.25) is 0 Å². The standard InChI is InChI=1S/C16H16FNO3S/c17-15-4-2-1-3-12(15)7-9-18-22(19,20)14-5-6-16-13(11-14)8-10-21-16/h1-6,11,18H,7-10H2. The third-order valence-corrected chi connectivity index (χ3v) is 5.07. The predicted octanol–water partition coefficient (Wildman–Crippen LogP) is 2.28. The summed E-state index contributed by atoms with van der Waals surface area (Å²) in [6.45, 7) is 0.733. The van der Waals surface area contributed by atoms with Gasteiger partial charge in [0.05, 0.1) is 11.5 Å². The number of hydrogen-bond donors (Lipinski definition) is 1. The predicted molar refractivity (Wildman–Crippen MR) is 80.9 cm³/mol. The van der Waals surface area contributed by atoms with E-state index in [1.165, 1.54) is 12.1 Å². The maximum absolute atomic E-state index is 13.5. The zero-order valence-corrected chi connectivity index (χ0v) is 12.7. The number of sulfonamides is 1. The van der Waals surface area contributed by atoms with Crippen molar-refractivity contribution in [2.45, 2.75) is 17.7 Å². The van der Waals surface area contributed by atoms with E-state index in [0.29, 0.717) is 25.0 Å². The number of nitrogens with one attached hydrogen (secondary N) is 1. The van der Waals surface area contributed by atoms with Crippen LogP contribution in [0.3, 0.4) is 0 Å². The lowest BCUT2D eigenvalue weighted by atomic mass is 10.1. The summed E-state index contributed by atoms with van der Waals surface area (Å²) in [7, 11) is -3.59. The summed E-state index contributed by atoms with van der Waals surface area (Å²) in [4.78, 5) is 0.213. The van der Waals surface area contributed by atoms with Crippen LogP contribution in [0.25, 0.3) is 0 Å².